The van der Waals surface area contributed by atoms with Crippen LogP contribution >= 0.6 is 15.9 Å². The van der Waals surface area contributed by atoms with Crippen molar-refractivity contribution in [3.8, 4) is 0 Å². The van der Waals surface area contributed by atoms with Crippen LogP contribution in [0.2, 0.25) is 0 Å². The van der Waals surface area contributed by atoms with E-state index >= 15 is 0 Å². The maximum Gasteiger partial charge on any atom is 0.311 e. The smallest absolute Gasteiger partial charge is 0.311 e. The number of rotatable bonds is 3. The molecule has 3 N–H and O–H groups in total. The van der Waals surface area contributed by atoms with E-state index in [-0.39, 0.29) is 17.3 Å². The molecule has 19 heavy (non-hydrogen) atoms. The largest absolute Gasteiger partial charge is 0.378 e. The minimum atomic E-state index is -0.611. The molecule has 0 spiro atoms. The lowest BCUT2D eigenvalue weighted by Crippen LogP contribution is -2.01. The predicted molar refractivity (Wildman–Crippen MR) is 72.7 cm³/mol. The molecule has 0 saturated carbocycles. The van der Waals surface area contributed by atoms with Gasteiger partial charge in [0, 0.05) is 11.8 Å². The number of nitrogens with two attached hydrogens (primary N) is 1. The van der Waals surface area contributed by atoms with E-state index in [0.29, 0.717) is 16.0 Å². The number of anilines is 3. The second-order valence-electron chi connectivity index (χ2n) is 3.61. The van der Waals surface area contributed by atoms with Gasteiger partial charge in [-0.1, -0.05) is 0 Å². The van der Waals surface area contributed by atoms with Gasteiger partial charge in [-0.05, 0) is 40.2 Å². The molecule has 1 heterocycles. The zero-order chi connectivity index (χ0) is 14.0. The molecular weight excluding hydrogens is 319 g/mol. The lowest BCUT2D eigenvalue weighted by molar-refractivity contribution is -0.384. The number of aromatic nitrogens is 1. The Balaban J connectivity index is 2.26. The van der Waals surface area contributed by atoms with Crippen molar-refractivity contribution in [2.75, 3.05) is 11.1 Å². The highest BCUT2D eigenvalue weighted by molar-refractivity contribution is 9.10. The molecule has 8 heteroatoms. The van der Waals surface area contributed by atoms with Crippen molar-refractivity contribution in [3.05, 3.63) is 50.7 Å². The maximum atomic E-state index is 13.1. The number of hydrogen-bond donors (Lipinski definition) is 2. The molecule has 0 aliphatic rings. The Morgan fingerprint density at radius 3 is 2.68 bits per heavy atom. The summed E-state index contributed by atoms with van der Waals surface area (Å²) in [5, 5.41) is 13.5. The van der Waals surface area contributed by atoms with E-state index in [2.05, 4.69) is 26.2 Å². The summed E-state index contributed by atoms with van der Waals surface area (Å²) < 4.78 is 13.4. The van der Waals surface area contributed by atoms with Crippen molar-refractivity contribution in [2.24, 2.45) is 0 Å². The zero-order valence-corrected chi connectivity index (χ0v) is 11.0. The van der Waals surface area contributed by atoms with Gasteiger partial charge in [0.05, 0.1) is 9.40 Å². The van der Waals surface area contributed by atoms with Gasteiger partial charge >= 0.3 is 5.69 Å². The van der Waals surface area contributed by atoms with Crippen LogP contribution in [0.3, 0.4) is 0 Å². The van der Waals surface area contributed by atoms with E-state index in [9.17, 15) is 14.5 Å². The Morgan fingerprint density at radius 2 is 2.11 bits per heavy atom. The topological polar surface area (TPSA) is 94.1 Å². The molecule has 0 amide bonds. The van der Waals surface area contributed by atoms with Crippen LogP contribution in [0.5, 0.6) is 0 Å². The average molecular weight is 327 g/mol. The Morgan fingerprint density at radius 1 is 1.37 bits per heavy atom. The van der Waals surface area contributed by atoms with Crippen LogP contribution in [0, 0.1) is 15.9 Å². The second kappa shape index (κ2) is 5.19. The molecular formula is C11H8BrFN4O2. The fraction of sp³-hybridized carbons (Fsp3) is 0. The van der Waals surface area contributed by atoms with Gasteiger partial charge in [-0.25, -0.2) is 9.37 Å². The summed E-state index contributed by atoms with van der Waals surface area (Å²) in [7, 11) is 0. The highest BCUT2D eigenvalue weighted by atomic mass is 79.9. The average Bonchev–Trinajstić information content (AvgIpc) is 2.33. The molecule has 0 bridgehead atoms. The molecule has 1 aromatic heterocycles. The van der Waals surface area contributed by atoms with Gasteiger partial charge in [0.2, 0.25) is 5.82 Å². The van der Waals surface area contributed by atoms with Gasteiger partial charge < -0.3 is 11.1 Å². The molecule has 98 valence electrons. The normalized spacial score (nSPS) is 10.2. The second-order valence-corrected chi connectivity index (χ2v) is 4.47. The summed E-state index contributed by atoms with van der Waals surface area (Å²) in [6.45, 7) is 0. The summed E-state index contributed by atoms with van der Waals surface area (Å²) >= 11 is 3.06. The van der Waals surface area contributed by atoms with Gasteiger partial charge in [0.25, 0.3) is 0 Å². The minimum absolute atomic E-state index is 0.184. The fourth-order valence-corrected chi connectivity index (χ4v) is 1.79. The van der Waals surface area contributed by atoms with E-state index in [1.54, 1.807) is 0 Å². The van der Waals surface area contributed by atoms with E-state index in [0.717, 1.165) is 0 Å². The van der Waals surface area contributed by atoms with Crippen molar-refractivity contribution in [1.82, 2.24) is 4.98 Å². The number of hydrogen-bond acceptors (Lipinski definition) is 5. The van der Waals surface area contributed by atoms with Gasteiger partial charge in [-0.2, -0.15) is 0 Å². The van der Waals surface area contributed by atoms with Crippen LogP contribution < -0.4 is 11.1 Å². The molecule has 0 radical (unpaired) electrons. The highest BCUT2D eigenvalue weighted by Gasteiger charge is 2.12. The van der Waals surface area contributed by atoms with Crippen molar-refractivity contribution in [1.29, 1.82) is 0 Å². The number of nitro groups is 1. The summed E-state index contributed by atoms with van der Waals surface area (Å²) in [5.41, 5.74) is 5.79. The Kier molecular flexibility index (Phi) is 3.61. The van der Waals surface area contributed by atoms with E-state index in [4.69, 9.17) is 5.73 Å². The lowest BCUT2D eigenvalue weighted by Gasteiger charge is -2.07. The van der Waals surface area contributed by atoms with Crippen LogP contribution in [0.4, 0.5) is 27.4 Å². The predicted octanol–water partition coefficient (Wildman–Crippen LogP) is 3.22. The molecule has 6 nitrogen and oxygen atoms in total. The fourth-order valence-electron chi connectivity index (χ4n) is 1.41. The molecule has 0 saturated heterocycles. The van der Waals surface area contributed by atoms with Gasteiger partial charge in [-0.3, -0.25) is 10.1 Å². The van der Waals surface area contributed by atoms with Crippen LogP contribution in [-0.4, -0.2) is 9.91 Å². The third-order valence-corrected chi connectivity index (χ3v) is 2.90. The lowest BCUT2D eigenvalue weighted by atomic mass is 10.3. The molecule has 0 unspecified atom stereocenters. The SMILES string of the molecule is Nc1nc(Nc2ccc(F)c(Br)c2)ccc1[N+](=O)[O-]. The maximum absolute atomic E-state index is 13.1. The monoisotopic (exact) mass is 326 g/mol. The summed E-state index contributed by atoms with van der Waals surface area (Å²) in [6.07, 6.45) is 0. The number of nitrogen functional groups attached to an aromatic ring is 1. The van der Waals surface area contributed by atoms with Crippen LogP contribution in [0.15, 0.2) is 34.8 Å². The third kappa shape index (κ3) is 2.97. The van der Waals surface area contributed by atoms with Crippen molar-refractivity contribution < 1.29 is 9.31 Å². The van der Waals surface area contributed by atoms with E-state index < -0.39 is 4.92 Å². The number of nitrogens with one attached hydrogen (secondary N) is 1. The highest BCUT2D eigenvalue weighted by Crippen LogP contribution is 2.25. The summed E-state index contributed by atoms with van der Waals surface area (Å²) in [5.74, 6) is -0.237. The Hall–Kier alpha value is -2.22. The summed E-state index contributed by atoms with van der Waals surface area (Å²) in [4.78, 5) is 13.8. The first-order chi connectivity index (χ1) is 8.97. The number of halogens is 2. The molecule has 2 rings (SSSR count). The van der Waals surface area contributed by atoms with Gasteiger partial charge in [0.15, 0.2) is 0 Å². The molecule has 0 aliphatic heterocycles. The number of pyridine rings is 1. The Bertz CT molecular complexity index is 651. The third-order valence-electron chi connectivity index (χ3n) is 2.29. The Labute approximate surface area is 115 Å². The first-order valence-corrected chi connectivity index (χ1v) is 5.89. The molecule has 2 aromatic rings. The van der Waals surface area contributed by atoms with Crippen LogP contribution in [-0.2, 0) is 0 Å². The minimum Gasteiger partial charge on any atom is -0.378 e. The van der Waals surface area contributed by atoms with E-state index in [1.165, 1.54) is 30.3 Å². The molecule has 0 aliphatic carbocycles. The van der Waals surface area contributed by atoms with E-state index in [1.807, 2.05) is 0 Å². The van der Waals surface area contributed by atoms with Crippen LogP contribution in [0.25, 0.3) is 0 Å². The quantitative estimate of drug-likeness (QED) is 0.667. The van der Waals surface area contributed by atoms with Gasteiger partial charge in [-0.15, -0.1) is 0 Å². The molecule has 1 aromatic carbocycles. The number of nitrogens with zero attached hydrogens (tertiary/aromatic N) is 2. The first kappa shape index (κ1) is 13.2. The van der Waals surface area contributed by atoms with Gasteiger partial charge in [0.1, 0.15) is 11.6 Å². The number of benzene rings is 1. The summed E-state index contributed by atoms with van der Waals surface area (Å²) in [6, 6.07) is 6.99. The van der Waals surface area contributed by atoms with Crippen LogP contribution in [0.1, 0.15) is 0 Å². The van der Waals surface area contributed by atoms with Crippen molar-refractivity contribution in [2.45, 2.75) is 0 Å². The molecule has 0 atom stereocenters. The van der Waals surface area contributed by atoms with Crippen molar-refractivity contribution >= 4 is 38.9 Å². The zero-order valence-electron chi connectivity index (χ0n) is 9.43. The standard InChI is InChI=1S/C11H8BrFN4O2/c12-7-5-6(1-2-8(7)13)15-10-4-3-9(17(18)19)11(14)16-10/h1-5H,(H3,14,15,16). The van der Waals surface area contributed by atoms with Crippen molar-refractivity contribution in [3.63, 3.8) is 0 Å². The first-order valence-electron chi connectivity index (χ1n) is 5.10. The molecule has 0 fully saturated rings.